The van der Waals surface area contributed by atoms with Crippen molar-refractivity contribution in [3.05, 3.63) is 58.9 Å². The van der Waals surface area contributed by atoms with Crippen LogP contribution in [-0.4, -0.2) is 35.3 Å². The minimum absolute atomic E-state index is 0.0678. The van der Waals surface area contributed by atoms with Crippen molar-refractivity contribution in [2.75, 3.05) is 19.6 Å². The standard InChI is InChI=1S/C18H22N4O/c1-13-5-3-4-6-17(13)22-14(2)16(12-21-22)18(23)20-11-15-7-9-19-10-8-15/h3-7,12,19H,8-11H2,1-2H3,(H,20,23). The molecule has 0 atom stereocenters. The van der Waals surface area contributed by atoms with Gasteiger partial charge >= 0.3 is 0 Å². The molecule has 2 heterocycles. The lowest BCUT2D eigenvalue weighted by Gasteiger charge is -2.14. The summed E-state index contributed by atoms with van der Waals surface area (Å²) in [6.45, 7) is 6.44. The molecule has 0 aliphatic carbocycles. The van der Waals surface area contributed by atoms with Crippen LogP contribution in [0.3, 0.4) is 0 Å². The Hall–Kier alpha value is -2.40. The van der Waals surface area contributed by atoms with Crippen LogP contribution in [0, 0.1) is 13.8 Å². The summed E-state index contributed by atoms with van der Waals surface area (Å²) >= 11 is 0. The van der Waals surface area contributed by atoms with Crippen LogP contribution in [0.4, 0.5) is 0 Å². The van der Waals surface area contributed by atoms with Crippen LogP contribution in [0.1, 0.15) is 28.0 Å². The quantitative estimate of drug-likeness (QED) is 0.851. The summed E-state index contributed by atoms with van der Waals surface area (Å²) in [7, 11) is 0. The van der Waals surface area contributed by atoms with E-state index in [1.165, 1.54) is 5.57 Å². The Morgan fingerprint density at radius 1 is 1.35 bits per heavy atom. The Bertz CT molecular complexity index is 745. The van der Waals surface area contributed by atoms with Crippen molar-refractivity contribution in [3.63, 3.8) is 0 Å². The van der Waals surface area contributed by atoms with E-state index in [0.29, 0.717) is 12.1 Å². The highest BCUT2D eigenvalue weighted by Crippen LogP contribution is 2.17. The van der Waals surface area contributed by atoms with Crippen molar-refractivity contribution in [1.29, 1.82) is 0 Å². The van der Waals surface area contributed by atoms with Gasteiger partial charge in [-0.25, -0.2) is 4.68 Å². The summed E-state index contributed by atoms with van der Waals surface area (Å²) in [5, 5.41) is 10.7. The number of nitrogens with one attached hydrogen (secondary N) is 2. The molecule has 23 heavy (non-hydrogen) atoms. The van der Waals surface area contributed by atoms with Gasteiger partial charge in [-0.15, -0.1) is 0 Å². The van der Waals surface area contributed by atoms with Gasteiger partial charge in [0.2, 0.25) is 0 Å². The Labute approximate surface area is 136 Å². The van der Waals surface area contributed by atoms with Crippen LogP contribution >= 0.6 is 0 Å². The van der Waals surface area contributed by atoms with Crippen LogP contribution < -0.4 is 10.6 Å². The molecule has 0 saturated heterocycles. The summed E-state index contributed by atoms with van der Waals surface area (Å²) in [5.74, 6) is -0.0678. The molecule has 0 bridgehead atoms. The smallest absolute Gasteiger partial charge is 0.255 e. The zero-order chi connectivity index (χ0) is 16.2. The van der Waals surface area contributed by atoms with Gasteiger partial charge in [0.15, 0.2) is 0 Å². The highest BCUT2D eigenvalue weighted by molar-refractivity contribution is 5.95. The first-order chi connectivity index (χ1) is 11.2. The first kappa shape index (κ1) is 15.5. The minimum atomic E-state index is -0.0678. The molecule has 3 rings (SSSR count). The molecule has 1 aromatic carbocycles. The molecule has 2 N–H and O–H groups in total. The van der Waals surface area contributed by atoms with E-state index < -0.39 is 0 Å². The highest BCUT2D eigenvalue weighted by Gasteiger charge is 2.16. The van der Waals surface area contributed by atoms with E-state index in [9.17, 15) is 4.79 Å². The molecule has 120 valence electrons. The third kappa shape index (κ3) is 3.35. The van der Waals surface area contributed by atoms with Gasteiger partial charge in [-0.05, 0) is 38.4 Å². The van der Waals surface area contributed by atoms with Gasteiger partial charge < -0.3 is 10.6 Å². The van der Waals surface area contributed by atoms with E-state index in [4.69, 9.17) is 0 Å². The van der Waals surface area contributed by atoms with E-state index in [1.54, 1.807) is 6.20 Å². The molecule has 1 aromatic heterocycles. The fraction of sp³-hybridized carbons (Fsp3) is 0.333. The van der Waals surface area contributed by atoms with Crippen LogP contribution in [0.15, 0.2) is 42.1 Å². The van der Waals surface area contributed by atoms with E-state index in [1.807, 2.05) is 42.8 Å². The lowest BCUT2D eigenvalue weighted by molar-refractivity contribution is 0.0956. The number of nitrogens with zero attached hydrogens (tertiary/aromatic N) is 2. The average molecular weight is 310 g/mol. The fourth-order valence-corrected chi connectivity index (χ4v) is 2.80. The minimum Gasteiger partial charge on any atom is -0.348 e. The summed E-state index contributed by atoms with van der Waals surface area (Å²) in [6, 6.07) is 8.03. The van der Waals surface area contributed by atoms with Gasteiger partial charge in [0.1, 0.15) is 0 Å². The predicted molar refractivity (Wildman–Crippen MR) is 90.9 cm³/mol. The first-order valence-electron chi connectivity index (χ1n) is 7.94. The van der Waals surface area contributed by atoms with Gasteiger partial charge in [0, 0.05) is 13.1 Å². The zero-order valence-corrected chi connectivity index (χ0v) is 13.6. The molecule has 1 amide bonds. The number of benzene rings is 1. The van der Waals surface area contributed by atoms with Gasteiger partial charge in [-0.3, -0.25) is 4.79 Å². The van der Waals surface area contributed by atoms with Crippen molar-refractivity contribution in [1.82, 2.24) is 20.4 Å². The summed E-state index contributed by atoms with van der Waals surface area (Å²) in [6.07, 6.45) is 4.78. The molecule has 0 saturated carbocycles. The molecule has 1 aliphatic heterocycles. The van der Waals surface area contributed by atoms with Crippen LogP contribution in [-0.2, 0) is 0 Å². The second kappa shape index (κ2) is 6.79. The molecule has 5 nitrogen and oxygen atoms in total. The third-order valence-corrected chi connectivity index (χ3v) is 4.23. The van der Waals surface area contributed by atoms with Crippen LogP contribution in [0.5, 0.6) is 0 Å². The molecule has 0 fully saturated rings. The molecular weight excluding hydrogens is 288 g/mol. The number of hydrogen-bond acceptors (Lipinski definition) is 3. The van der Waals surface area contributed by atoms with Gasteiger partial charge in [-0.2, -0.15) is 5.10 Å². The fourth-order valence-electron chi connectivity index (χ4n) is 2.80. The topological polar surface area (TPSA) is 59.0 Å². The highest BCUT2D eigenvalue weighted by atomic mass is 16.1. The van der Waals surface area contributed by atoms with Crippen molar-refractivity contribution < 1.29 is 4.79 Å². The molecular formula is C18H22N4O. The molecule has 5 heteroatoms. The zero-order valence-electron chi connectivity index (χ0n) is 13.6. The number of aryl methyl sites for hydroxylation is 1. The third-order valence-electron chi connectivity index (χ3n) is 4.23. The van der Waals surface area contributed by atoms with Gasteiger partial charge in [0.25, 0.3) is 5.91 Å². The Kier molecular flexibility index (Phi) is 4.57. The van der Waals surface area contributed by atoms with Crippen molar-refractivity contribution in [2.45, 2.75) is 20.3 Å². The number of aromatic nitrogens is 2. The normalized spacial score (nSPS) is 14.4. The Morgan fingerprint density at radius 2 is 2.17 bits per heavy atom. The number of hydrogen-bond donors (Lipinski definition) is 2. The summed E-state index contributed by atoms with van der Waals surface area (Å²) < 4.78 is 1.83. The Morgan fingerprint density at radius 3 is 2.91 bits per heavy atom. The Balaban J connectivity index is 1.75. The predicted octanol–water partition coefficient (Wildman–Crippen LogP) is 2.14. The second-order valence-electron chi connectivity index (χ2n) is 5.84. The van der Waals surface area contributed by atoms with Crippen molar-refractivity contribution in [3.8, 4) is 5.69 Å². The maximum Gasteiger partial charge on any atom is 0.255 e. The lowest BCUT2D eigenvalue weighted by Crippen LogP contribution is -2.29. The largest absolute Gasteiger partial charge is 0.348 e. The number of amides is 1. The van der Waals surface area contributed by atoms with Crippen molar-refractivity contribution >= 4 is 5.91 Å². The van der Waals surface area contributed by atoms with E-state index >= 15 is 0 Å². The van der Waals surface area contributed by atoms with Crippen molar-refractivity contribution in [2.24, 2.45) is 0 Å². The lowest BCUT2D eigenvalue weighted by atomic mass is 10.1. The number of carbonyl (C=O) groups excluding carboxylic acids is 1. The van der Waals surface area contributed by atoms with E-state index in [2.05, 4.69) is 21.8 Å². The maximum absolute atomic E-state index is 12.4. The average Bonchev–Trinajstić information content (AvgIpc) is 2.95. The second-order valence-corrected chi connectivity index (χ2v) is 5.84. The van der Waals surface area contributed by atoms with Gasteiger partial charge in [0.05, 0.1) is 23.1 Å². The van der Waals surface area contributed by atoms with Crippen LogP contribution in [0.25, 0.3) is 5.69 Å². The molecule has 1 aliphatic rings. The molecule has 0 radical (unpaired) electrons. The van der Waals surface area contributed by atoms with Gasteiger partial charge in [-0.1, -0.05) is 29.8 Å². The number of rotatable bonds is 4. The number of para-hydroxylation sites is 1. The molecule has 0 unspecified atom stereocenters. The SMILES string of the molecule is Cc1ccccc1-n1ncc(C(=O)NCC2=CCNCC2)c1C. The van der Waals surface area contributed by atoms with E-state index in [0.717, 1.165) is 36.5 Å². The maximum atomic E-state index is 12.4. The first-order valence-corrected chi connectivity index (χ1v) is 7.94. The summed E-state index contributed by atoms with van der Waals surface area (Å²) in [5.41, 5.74) is 4.90. The molecule has 2 aromatic rings. The van der Waals surface area contributed by atoms with Crippen LogP contribution in [0.2, 0.25) is 0 Å². The number of carbonyl (C=O) groups is 1. The molecule has 0 spiro atoms. The monoisotopic (exact) mass is 310 g/mol. The summed E-state index contributed by atoms with van der Waals surface area (Å²) in [4.78, 5) is 12.4. The van der Waals surface area contributed by atoms with E-state index in [-0.39, 0.29) is 5.91 Å².